The van der Waals surface area contributed by atoms with Gasteiger partial charge in [-0.25, -0.2) is 0 Å². The molecule has 0 heterocycles. The van der Waals surface area contributed by atoms with Crippen LogP contribution in [0.4, 0.5) is 0 Å². The van der Waals surface area contributed by atoms with Gasteiger partial charge in [-0.2, -0.15) is 0 Å². The first-order chi connectivity index (χ1) is 6.99. The number of aliphatic hydroxyl groups excluding tert-OH is 1. The highest BCUT2D eigenvalue weighted by atomic mass is 16.3. The molecule has 15 heavy (non-hydrogen) atoms. The lowest BCUT2D eigenvalue weighted by Gasteiger charge is -2.41. The topological polar surface area (TPSA) is 32.3 Å². The van der Waals surface area contributed by atoms with Gasteiger partial charge < -0.3 is 10.4 Å². The maximum absolute atomic E-state index is 9.43. The molecule has 3 atom stereocenters. The number of hydrogen-bond acceptors (Lipinski definition) is 2. The van der Waals surface area contributed by atoms with E-state index in [-0.39, 0.29) is 0 Å². The van der Waals surface area contributed by atoms with Crippen molar-refractivity contribution in [3.8, 4) is 0 Å². The van der Waals surface area contributed by atoms with E-state index >= 15 is 0 Å². The number of rotatable bonds is 3. The van der Waals surface area contributed by atoms with Gasteiger partial charge in [0, 0.05) is 12.6 Å². The van der Waals surface area contributed by atoms with Crippen molar-refractivity contribution in [2.45, 2.75) is 53.0 Å². The molecule has 0 aromatic heterocycles. The van der Waals surface area contributed by atoms with Crippen molar-refractivity contribution in [3.63, 3.8) is 0 Å². The van der Waals surface area contributed by atoms with Crippen LogP contribution in [0.2, 0.25) is 0 Å². The van der Waals surface area contributed by atoms with Crippen molar-refractivity contribution in [1.82, 2.24) is 5.32 Å². The molecule has 0 aromatic rings. The minimum atomic E-state index is 0.338. The Balaban J connectivity index is 2.55. The monoisotopic (exact) mass is 213 g/mol. The predicted molar refractivity (Wildman–Crippen MR) is 64.8 cm³/mol. The summed E-state index contributed by atoms with van der Waals surface area (Å²) in [4.78, 5) is 0. The molecule has 0 amide bonds. The second-order valence-corrected chi connectivity index (χ2v) is 5.98. The largest absolute Gasteiger partial charge is 0.396 e. The fourth-order valence-corrected chi connectivity index (χ4v) is 2.78. The molecule has 1 rings (SSSR count). The third kappa shape index (κ3) is 3.46. The van der Waals surface area contributed by atoms with Crippen LogP contribution in [-0.2, 0) is 0 Å². The van der Waals surface area contributed by atoms with Crippen LogP contribution in [0.15, 0.2) is 0 Å². The SMILES string of the molecule is CCNC1CCC(C(C)(C)C)CC1CO. The molecule has 0 radical (unpaired) electrons. The van der Waals surface area contributed by atoms with Gasteiger partial charge in [0.25, 0.3) is 0 Å². The minimum Gasteiger partial charge on any atom is -0.396 e. The maximum atomic E-state index is 9.43. The Morgan fingerprint density at radius 3 is 2.40 bits per heavy atom. The fraction of sp³-hybridized carbons (Fsp3) is 1.00. The lowest BCUT2D eigenvalue weighted by atomic mass is 9.67. The molecular weight excluding hydrogens is 186 g/mol. The summed E-state index contributed by atoms with van der Waals surface area (Å²) in [5, 5.41) is 12.9. The van der Waals surface area contributed by atoms with Gasteiger partial charge in [0.2, 0.25) is 0 Å². The van der Waals surface area contributed by atoms with E-state index in [4.69, 9.17) is 0 Å². The molecule has 0 saturated heterocycles. The van der Waals surface area contributed by atoms with Gasteiger partial charge in [-0.15, -0.1) is 0 Å². The van der Waals surface area contributed by atoms with E-state index in [0.29, 0.717) is 24.0 Å². The Hall–Kier alpha value is -0.0800. The molecule has 2 nitrogen and oxygen atoms in total. The maximum Gasteiger partial charge on any atom is 0.0474 e. The van der Waals surface area contributed by atoms with Crippen molar-refractivity contribution in [2.24, 2.45) is 17.3 Å². The Labute approximate surface area is 94.5 Å². The summed E-state index contributed by atoms with van der Waals surface area (Å²) in [6.45, 7) is 10.5. The number of hydrogen-bond donors (Lipinski definition) is 2. The van der Waals surface area contributed by atoms with E-state index in [2.05, 4.69) is 33.0 Å². The molecule has 2 N–H and O–H groups in total. The van der Waals surface area contributed by atoms with Crippen LogP contribution in [0, 0.1) is 17.3 Å². The minimum absolute atomic E-state index is 0.338. The van der Waals surface area contributed by atoms with E-state index in [9.17, 15) is 5.11 Å². The van der Waals surface area contributed by atoms with E-state index in [1.807, 2.05) is 0 Å². The summed E-state index contributed by atoms with van der Waals surface area (Å²) in [5.74, 6) is 1.23. The molecule has 1 aliphatic rings. The van der Waals surface area contributed by atoms with Crippen molar-refractivity contribution in [3.05, 3.63) is 0 Å². The Kier molecular flexibility index (Phi) is 4.60. The third-order valence-electron chi connectivity index (χ3n) is 3.91. The van der Waals surface area contributed by atoms with Crippen LogP contribution in [0.1, 0.15) is 47.0 Å². The van der Waals surface area contributed by atoms with Gasteiger partial charge in [-0.05, 0) is 43.1 Å². The highest BCUT2D eigenvalue weighted by Crippen LogP contribution is 2.40. The van der Waals surface area contributed by atoms with Crippen molar-refractivity contribution >= 4 is 0 Å². The first kappa shape index (κ1) is 13.0. The standard InChI is InChI=1S/C13H27NO/c1-5-14-12-7-6-11(13(2,3)4)8-10(12)9-15/h10-12,14-15H,5-9H2,1-4H3. The quantitative estimate of drug-likeness (QED) is 0.754. The molecule has 0 bridgehead atoms. The molecule has 90 valence electrons. The molecular formula is C13H27NO. The summed E-state index contributed by atoms with van der Waals surface area (Å²) in [6.07, 6.45) is 3.70. The zero-order valence-corrected chi connectivity index (χ0v) is 10.7. The zero-order valence-electron chi connectivity index (χ0n) is 10.7. The molecule has 1 saturated carbocycles. The summed E-state index contributed by atoms with van der Waals surface area (Å²) < 4.78 is 0. The molecule has 3 unspecified atom stereocenters. The van der Waals surface area contributed by atoms with Crippen molar-refractivity contribution in [2.75, 3.05) is 13.2 Å². The van der Waals surface area contributed by atoms with Crippen LogP contribution in [0.3, 0.4) is 0 Å². The summed E-state index contributed by atoms with van der Waals surface area (Å²) in [7, 11) is 0. The highest BCUT2D eigenvalue weighted by molar-refractivity contribution is 4.88. The van der Waals surface area contributed by atoms with Crippen LogP contribution < -0.4 is 5.32 Å². The van der Waals surface area contributed by atoms with Crippen LogP contribution in [-0.4, -0.2) is 24.3 Å². The zero-order chi connectivity index (χ0) is 11.5. The molecule has 2 heteroatoms. The lowest BCUT2D eigenvalue weighted by molar-refractivity contribution is 0.0770. The van der Waals surface area contributed by atoms with E-state index in [0.717, 1.165) is 12.5 Å². The highest BCUT2D eigenvalue weighted by Gasteiger charge is 2.34. The van der Waals surface area contributed by atoms with Gasteiger partial charge in [0.15, 0.2) is 0 Å². The first-order valence-corrected chi connectivity index (χ1v) is 6.33. The van der Waals surface area contributed by atoms with Crippen molar-refractivity contribution in [1.29, 1.82) is 0 Å². The summed E-state index contributed by atoms with van der Waals surface area (Å²) in [6, 6.07) is 0.540. The Morgan fingerprint density at radius 1 is 1.27 bits per heavy atom. The summed E-state index contributed by atoms with van der Waals surface area (Å²) >= 11 is 0. The van der Waals surface area contributed by atoms with E-state index in [1.54, 1.807) is 0 Å². The van der Waals surface area contributed by atoms with Crippen molar-refractivity contribution < 1.29 is 5.11 Å². The van der Waals surface area contributed by atoms with E-state index < -0.39 is 0 Å². The van der Waals surface area contributed by atoms with Crippen LogP contribution in [0.5, 0.6) is 0 Å². The summed E-state index contributed by atoms with van der Waals surface area (Å²) in [5.41, 5.74) is 0.393. The number of aliphatic hydroxyl groups is 1. The fourth-order valence-electron chi connectivity index (χ4n) is 2.78. The van der Waals surface area contributed by atoms with Gasteiger partial charge in [0.1, 0.15) is 0 Å². The van der Waals surface area contributed by atoms with Crippen LogP contribution in [0.25, 0.3) is 0 Å². The smallest absolute Gasteiger partial charge is 0.0474 e. The average molecular weight is 213 g/mol. The van der Waals surface area contributed by atoms with Gasteiger partial charge in [-0.3, -0.25) is 0 Å². The molecule has 0 aliphatic heterocycles. The first-order valence-electron chi connectivity index (χ1n) is 6.33. The third-order valence-corrected chi connectivity index (χ3v) is 3.91. The second kappa shape index (κ2) is 5.31. The molecule has 1 aliphatic carbocycles. The molecule has 1 fully saturated rings. The number of nitrogens with one attached hydrogen (secondary N) is 1. The Bertz CT molecular complexity index is 185. The molecule has 0 aromatic carbocycles. The Morgan fingerprint density at radius 2 is 1.93 bits per heavy atom. The normalized spacial score (nSPS) is 33.0. The predicted octanol–water partition coefficient (Wildman–Crippen LogP) is 2.42. The van der Waals surface area contributed by atoms with Gasteiger partial charge >= 0.3 is 0 Å². The average Bonchev–Trinajstić information content (AvgIpc) is 2.17. The van der Waals surface area contributed by atoms with E-state index in [1.165, 1.54) is 19.3 Å². The van der Waals surface area contributed by atoms with Gasteiger partial charge in [0.05, 0.1) is 0 Å². The van der Waals surface area contributed by atoms with Crippen LogP contribution >= 0.6 is 0 Å². The second-order valence-electron chi connectivity index (χ2n) is 5.98. The lowest BCUT2D eigenvalue weighted by Crippen LogP contribution is -2.44. The molecule has 0 spiro atoms. The van der Waals surface area contributed by atoms with Gasteiger partial charge in [-0.1, -0.05) is 27.7 Å².